The normalized spacial score (nSPS) is 15.5. The molecule has 1 amide bonds. The van der Waals surface area contributed by atoms with Crippen LogP contribution in [0.2, 0.25) is 0 Å². The van der Waals surface area contributed by atoms with Gasteiger partial charge in [-0.1, -0.05) is 0 Å². The van der Waals surface area contributed by atoms with E-state index in [0.29, 0.717) is 5.39 Å². The molecule has 30 heavy (non-hydrogen) atoms. The zero-order chi connectivity index (χ0) is 21.7. The number of nitrogens with zero attached hydrogens (tertiary/aromatic N) is 3. The number of fused-ring (bicyclic) bond motifs is 1. The van der Waals surface area contributed by atoms with E-state index in [1.165, 1.54) is 23.9 Å². The van der Waals surface area contributed by atoms with Gasteiger partial charge in [-0.05, 0) is 19.1 Å². The molecule has 3 aromatic rings. The molecule has 0 aromatic carbocycles. The third-order valence-corrected chi connectivity index (χ3v) is 6.46. The average molecular weight is 432 g/mol. The van der Waals surface area contributed by atoms with Crippen LogP contribution in [0.3, 0.4) is 0 Å². The van der Waals surface area contributed by atoms with Crippen molar-refractivity contribution in [3.63, 3.8) is 0 Å². The Kier molecular flexibility index (Phi) is 4.61. The van der Waals surface area contributed by atoms with Gasteiger partial charge in [0.2, 0.25) is 5.95 Å². The SMILES string of the molecule is Cn1c(C(=O)Nc2cc(F)nc(C#N)c2)c2cc[nH]c2c1S(=O)(=O)NC1(C)COC1. The summed E-state index contributed by atoms with van der Waals surface area (Å²) in [6, 6.07) is 5.46. The van der Waals surface area contributed by atoms with Gasteiger partial charge in [-0.15, -0.1) is 0 Å². The Morgan fingerprint density at radius 2 is 2.17 bits per heavy atom. The first-order chi connectivity index (χ1) is 14.1. The van der Waals surface area contributed by atoms with E-state index >= 15 is 0 Å². The van der Waals surface area contributed by atoms with E-state index in [2.05, 4.69) is 20.0 Å². The number of carbonyl (C=O) groups excluding carboxylic acids is 1. The second kappa shape index (κ2) is 6.91. The lowest BCUT2D eigenvalue weighted by atomic mass is 10.0. The van der Waals surface area contributed by atoms with Gasteiger partial charge < -0.3 is 19.6 Å². The number of nitrogens with one attached hydrogen (secondary N) is 3. The summed E-state index contributed by atoms with van der Waals surface area (Å²) >= 11 is 0. The minimum atomic E-state index is -4.00. The van der Waals surface area contributed by atoms with Crippen molar-refractivity contribution in [2.24, 2.45) is 7.05 Å². The first-order valence-electron chi connectivity index (χ1n) is 8.80. The molecule has 1 aliphatic heterocycles. The Morgan fingerprint density at radius 3 is 2.80 bits per heavy atom. The number of hydrogen-bond acceptors (Lipinski definition) is 6. The molecule has 4 rings (SSSR count). The Balaban J connectivity index is 1.75. The van der Waals surface area contributed by atoms with Gasteiger partial charge in [-0.3, -0.25) is 4.79 Å². The molecule has 12 heteroatoms. The van der Waals surface area contributed by atoms with Crippen LogP contribution in [0.15, 0.2) is 29.4 Å². The molecule has 10 nitrogen and oxygen atoms in total. The first kappa shape index (κ1) is 20.0. The van der Waals surface area contributed by atoms with Crippen LogP contribution in [0.25, 0.3) is 10.9 Å². The number of pyridine rings is 1. The molecule has 0 radical (unpaired) electrons. The van der Waals surface area contributed by atoms with E-state index in [4.69, 9.17) is 10.00 Å². The average Bonchev–Trinajstić information content (AvgIpc) is 3.18. The molecule has 0 spiro atoms. The number of amides is 1. The van der Waals surface area contributed by atoms with Crippen molar-refractivity contribution in [2.75, 3.05) is 18.5 Å². The third-order valence-electron chi connectivity index (χ3n) is 4.71. The Bertz CT molecular complexity index is 1320. The molecular weight excluding hydrogens is 415 g/mol. The number of ether oxygens (including phenoxy) is 1. The molecule has 1 saturated heterocycles. The molecule has 156 valence electrons. The number of carbonyl (C=O) groups is 1. The Labute approximate surface area is 170 Å². The van der Waals surface area contributed by atoms with Crippen LogP contribution >= 0.6 is 0 Å². The highest BCUT2D eigenvalue weighted by Gasteiger charge is 2.40. The lowest BCUT2D eigenvalue weighted by molar-refractivity contribution is -0.0523. The van der Waals surface area contributed by atoms with Gasteiger partial charge in [-0.25, -0.2) is 13.4 Å². The number of rotatable bonds is 5. The van der Waals surface area contributed by atoms with E-state index in [1.807, 2.05) is 0 Å². The molecular formula is C18H17FN6O4S. The van der Waals surface area contributed by atoms with Gasteiger partial charge in [0.25, 0.3) is 15.9 Å². The predicted molar refractivity (Wildman–Crippen MR) is 104 cm³/mol. The van der Waals surface area contributed by atoms with Crippen LogP contribution in [0.1, 0.15) is 23.1 Å². The maximum Gasteiger partial charge on any atom is 0.273 e. The summed E-state index contributed by atoms with van der Waals surface area (Å²) in [5.74, 6) is -1.59. The maximum absolute atomic E-state index is 13.6. The highest BCUT2D eigenvalue weighted by atomic mass is 32.2. The van der Waals surface area contributed by atoms with Gasteiger partial charge in [0.15, 0.2) is 5.03 Å². The largest absolute Gasteiger partial charge is 0.377 e. The molecule has 0 bridgehead atoms. The van der Waals surface area contributed by atoms with E-state index < -0.39 is 27.4 Å². The van der Waals surface area contributed by atoms with Crippen LogP contribution in [0.5, 0.6) is 0 Å². The van der Waals surface area contributed by atoms with Crippen LogP contribution in [0, 0.1) is 17.3 Å². The molecule has 1 aliphatic rings. The van der Waals surface area contributed by atoms with Crippen molar-refractivity contribution < 1.29 is 22.3 Å². The number of aromatic nitrogens is 3. The van der Waals surface area contributed by atoms with Gasteiger partial charge in [-0.2, -0.15) is 14.4 Å². The molecule has 0 unspecified atom stereocenters. The third kappa shape index (κ3) is 3.32. The lowest BCUT2D eigenvalue weighted by Gasteiger charge is -2.38. The number of hydrogen-bond donors (Lipinski definition) is 3. The molecule has 0 atom stereocenters. The molecule has 0 saturated carbocycles. The van der Waals surface area contributed by atoms with Gasteiger partial charge in [0, 0.05) is 30.4 Å². The van der Waals surface area contributed by atoms with Crippen molar-refractivity contribution in [3.05, 3.63) is 41.7 Å². The smallest absolute Gasteiger partial charge is 0.273 e. The highest BCUT2D eigenvalue weighted by Crippen LogP contribution is 2.30. The number of H-pyrrole nitrogens is 1. The Hall–Kier alpha value is -3.27. The minimum Gasteiger partial charge on any atom is -0.377 e. The lowest BCUT2D eigenvalue weighted by Crippen LogP contribution is -2.59. The van der Waals surface area contributed by atoms with E-state index in [9.17, 15) is 17.6 Å². The number of sulfonamides is 1. The molecule has 3 aromatic heterocycles. The Morgan fingerprint density at radius 1 is 1.43 bits per heavy atom. The second-order valence-electron chi connectivity index (χ2n) is 7.27. The van der Waals surface area contributed by atoms with Gasteiger partial charge >= 0.3 is 0 Å². The summed E-state index contributed by atoms with van der Waals surface area (Å²) in [4.78, 5) is 19.2. The van der Waals surface area contributed by atoms with Crippen molar-refractivity contribution in [1.82, 2.24) is 19.3 Å². The fourth-order valence-corrected chi connectivity index (χ4v) is 5.19. The maximum atomic E-state index is 13.6. The first-order valence-corrected chi connectivity index (χ1v) is 10.3. The summed E-state index contributed by atoms with van der Waals surface area (Å²) in [5, 5.41) is 11.7. The summed E-state index contributed by atoms with van der Waals surface area (Å²) < 4.78 is 48.7. The van der Waals surface area contributed by atoms with Crippen LogP contribution in [-0.2, 0) is 21.8 Å². The van der Waals surface area contributed by atoms with Crippen LogP contribution in [-0.4, -0.2) is 47.6 Å². The van der Waals surface area contributed by atoms with Crippen LogP contribution in [0.4, 0.5) is 10.1 Å². The quantitative estimate of drug-likeness (QED) is 0.518. The fourth-order valence-electron chi connectivity index (χ4n) is 3.44. The van der Waals surface area contributed by atoms with E-state index in [1.54, 1.807) is 19.1 Å². The second-order valence-corrected chi connectivity index (χ2v) is 8.87. The predicted octanol–water partition coefficient (Wildman–Crippen LogP) is 1.23. The summed E-state index contributed by atoms with van der Waals surface area (Å²) in [7, 11) is -2.55. The zero-order valence-electron chi connectivity index (χ0n) is 16.0. The summed E-state index contributed by atoms with van der Waals surface area (Å²) in [6.45, 7) is 2.21. The standard InChI is InChI=1S/C18H17FN6O4S/c1-18(8-29-9-18)24-30(27,28)17-14-12(3-4-21-14)15(25(17)2)16(26)23-10-5-11(7-20)22-13(19)6-10/h3-6,21,24H,8-9H2,1-2H3,(H,22,23,26). The topological polar surface area (TPSA) is 142 Å². The van der Waals surface area contributed by atoms with E-state index in [0.717, 1.165) is 6.07 Å². The number of anilines is 1. The zero-order valence-corrected chi connectivity index (χ0v) is 16.8. The number of nitriles is 1. The minimum absolute atomic E-state index is 0.0237. The van der Waals surface area contributed by atoms with Crippen molar-refractivity contribution in [1.29, 1.82) is 5.26 Å². The van der Waals surface area contributed by atoms with Crippen molar-refractivity contribution in [2.45, 2.75) is 17.5 Å². The fraction of sp³-hybridized carbons (Fsp3) is 0.278. The van der Waals surface area contributed by atoms with Crippen molar-refractivity contribution >= 4 is 32.5 Å². The summed E-state index contributed by atoms with van der Waals surface area (Å²) in [5.41, 5.74) is -0.592. The molecule has 3 N–H and O–H groups in total. The number of aromatic amines is 1. The van der Waals surface area contributed by atoms with Crippen LogP contribution < -0.4 is 10.0 Å². The molecule has 4 heterocycles. The highest BCUT2D eigenvalue weighted by molar-refractivity contribution is 7.89. The van der Waals surface area contributed by atoms with E-state index in [-0.39, 0.29) is 40.8 Å². The molecule has 1 fully saturated rings. The number of halogens is 1. The van der Waals surface area contributed by atoms with Crippen molar-refractivity contribution in [3.8, 4) is 6.07 Å². The summed E-state index contributed by atoms with van der Waals surface area (Å²) in [6.07, 6.45) is 1.52. The van der Waals surface area contributed by atoms with Gasteiger partial charge in [0.05, 0.1) is 24.3 Å². The molecule has 0 aliphatic carbocycles. The van der Waals surface area contributed by atoms with Gasteiger partial charge in [0.1, 0.15) is 17.5 Å². The monoisotopic (exact) mass is 432 g/mol.